The highest BCUT2D eigenvalue weighted by Gasteiger charge is 2.40. The summed E-state index contributed by atoms with van der Waals surface area (Å²) in [5, 5.41) is 8.90. The van der Waals surface area contributed by atoms with Crippen LogP contribution >= 0.6 is 0 Å². The van der Waals surface area contributed by atoms with Gasteiger partial charge in [-0.25, -0.2) is 0 Å². The Bertz CT molecular complexity index is 209. The van der Waals surface area contributed by atoms with E-state index in [2.05, 4.69) is 0 Å². The molecule has 0 bridgehead atoms. The summed E-state index contributed by atoms with van der Waals surface area (Å²) in [7, 11) is 0. The van der Waals surface area contributed by atoms with Gasteiger partial charge in [0.1, 0.15) is 0 Å². The molecule has 0 aromatic rings. The first kappa shape index (κ1) is 11.5. The molecule has 0 aromatic heterocycles. The van der Waals surface area contributed by atoms with E-state index in [9.17, 15) is 4.79 Å². The van der Waals surface area contributed by atoms with Crippen LogP contribution in [0, 0.1) is 11.3 Å². The maximum absolute atomic E-state index is 10.8. The largest absolute Gasteiger partial charge is 0.481 e. The highest BCUT2D eigenvalue weighted by molar-refractivity contribution is 5.67. The van der Waals surface area contributed by atoms with Crippen molar-refractivity contribution in [1.82, 2.24) is 0 Å². The van der Waals surface area contributed by atoms with Crippen LogP contribution in [-0.2, 0) is 4.79 Å². The van der Waals surface area contributed by atoms with E-state index in [-0.39, 0.29) is 17.9 Å². The van der Waals surface area contributed by atoms with Gasteiger partial charge in [0.25, 0.3) is 0 Å². The van der Waals surface area contributed by atoms with Crippen LogP contribution in [0.3, 0.4) is 0 Å². The van der Waals surface area contributed by atoms with Gasteiger partial charge < -0.3 is 10.8 Å². The zero-order valence-electron chi connectivity index (χ0n) is 9.12. The number of nitrogens with two attached hydrogens (primary N) is 1. The van der Waals surface area contributed by atoms with Crippen LogP contribution < -0.4 is 5.73 Å². The number of aliphatic carboxylic acids is 1. The first-order valence-corrected chi connectivity index (χ1v) is 5.44. The molecule has 14 heavy (non-hydrogen) atoms. The molecule has 0 heterocycles. The summed E-state index contributed by atoms with van der Waals surface area (Å²) in [4.78, 5) is 10.8. The fraction of sp³-hybridized carbons (Fsp3) is 0.909. The third-order valence-electron chi connectivity index (χ3n) is 3.86. The Morgan fingerprint density at radius 2 is 2.07 bits per heavy atom. The molecule has 2 atom stereocenters. The van der Waals surface area contributed by atoms with Crippen molar-refractivity contribution in [2.45, 2.75) is 52.0 Å². The zero-order chi connectivity index (χ0) is 10.8. The fourth-order valence-electron chi connectivity index (χ4n) is 2.59. The van der Waals surface area contributed by atoms with Crippen molar-refractivity contribution < 1.29 is 9.90 Å². The summed E-state index contributed by atoms with van der Waals surface area (Å²) >= 11 is 0. The smallest absolute Gasteiger partial charge is 0.303 e. The first-order valence-electron chi connectivity index (χ1n) is 5.44. The van der Waals surface area contributed by atoms with Crippen LogP contribution in [0.15, 0.2) is 0 Å². The molecule has 0 saturated heterocycles. The zero-order valence-corrected chi connectivity index (χ0v) is 9.12. The lowest BCUT2D eigenvalue weighted by Crippen LogP contribution is -2.43. The SMILES string of the molecule is CC(N)C(C)(CC(=O)O)C1CCCC1. The lowest BCUT2D eigenvalue weighted by molar-refractivity contribution is -0.140. The summed E-state index contributed by atoms with van der Waals surface area (Å²) in [6, 6.07) is -0.0401. The normalized spacial score (nSPS) is 24.5. The molecule has 3 nitrogen and oxygen atoms in total. The predicted octanol–water partition coefficient (Wildman–Crippen LogP) is 2.00. The number of carboxylic acids is 1. The Morgan fingerprint density at radius 1 is 1.57 bits per heavy atom. The van der Waals surface area contributed by atoms with Crippen LogP contribution in [0.2, 0.25) is 0 Å². The molecule has 0 amide bonds. The van der Waals surface area contributed by atoms with Gasteiger partial charge in [-0.2, -0.15) is 0 Å². The molecule has 0 radical (unpaired) electrons. The Labute approximate surface area is 85.7 Å². The molecule has 2 unspecified atom stereocenters. The minimum Gasteiger partial charge on any atom is -0.481 e. The molecular formula is C11H21NO2. The third-order valence-corrected chi connectivity index (χ3v) is 3.86. The van der Waals surface area contributed by atoms with Gasteiger partial charge in [0.15, 0.2) is 0 Å². The van der Waals surface area contributed by atoms with E-state index in [1.165, 1.54) is 12.8 Å². The Hall–Kier alpha value is -0.570. The predicted molar refractivity (Wildman–Crippen MR) is 56.0 cm³/mol. The summed E-state index contributed by atoms with van der Waals surface area (Å²) in [6.07, 6.45) is 4.95. The van der Waals surface area contributed by atoms with Gasteiger partial charge in [-0.1, -0.05) is 19.8 Å². The summed E-state index contributed by atoms with van der Waals surface area (Å²) in [5.41, 5.74) is 5.72. The Balaban J connectivity index is 2.74. The van der Waals surface area contributed by atoms with E-state index in [1.807, 2.05) is 13.8 Å². The van der Waals surface area contributed by atoms with E-state index in [1.54, 1.807) is 0 Å². The van der Waals surface area contributed by atoms with Crippen molar-refractivity contribution >= 4 is 5.97 Å². The van der Waals surface area contributed by atoms with Gasteiger partial charge in [0, 0.05) is 6.04 Å². The summed E-state index contributed by atoms with van der Waals surface area (Å²) in [5.74, 6) is -0.227. The topological polar surface area (TPSA) is 63.3 Å². The molecule has 1 fully saturated rings. The number of hydrogen-bond donors (Lipinski definition) is 2. The quantitative estimate of drug-likeness (QED) is 0.728. The molecule has 3 heteroatoms. The minimum absolute atomic E-state index is 0.0401. The van der Waals surface area contributed by atoms with Crippen molar-refractivity contribution in [3.8, 4) is 0 Å². The second-order valence-electron chi connectivity index (χ2n) is 4.85. The maximum atomic E-state index is 10.8. The first-order chi connectivity index (χ1) is 6.47. The molecule has 0 spiro atoms. The second kappa shape index (κ2) is 4.30. The lowest BCUT2D eigenvalue weighted by atomic mass is 9.69. The average molecular weight is 199 g/mol. The van der Waals surface area contributed by atoms with Gasteiger partial charge in [-0.05, 0) is 31.1 Å². The third kappa shape index (κ3) is 2.27. The fourth-order valence-corrected chi connectivity index (χ4v) is 2.59. The molecule has 1 saturated carbocycles. The van der Waals surface area contributed by atoms with Gasteiger partial charge in [-0.3, -0.25) is 4.79 Å². The van der Waals surface area contributed by atoms with Crippen LogP contribution in [0.4, 0.5) is 0 Å². The molecule has 0 aliphatic heterocycles. The van der Waals surface area contributed by atoms with E-state index >= 15 is 0 Å². The molecule has 1 aliphatic rings. The molecule has 0 aromatic carbocycles. The van der Waals surface area contributed by atoms with Gasteiger partial charge in [-0.15, -0.1) is 0 Å². The number of rotatable bonds is 4. The average Bonchev–Trinajstić information content (AvgIpc) is 2.53. The number of hydrogen-bond acceptors (Lipinski definition) is 2. The van der Waals surface area contributed by atoms with E-state index in [0.717, 1.165) is 12.8 Å². The van der Waals surface area contributed by atoms with E-state index < -0.39 is 5.97 Å². The minimum atomic E-state index is -0.725. The van der Waals surface area contributed by atoms with Crippen LogP contribution in [-0.4, -0.2) is 17.1 Å². The maximum Gasteiger partial charge on any atom is 0.303 e. The Kier molecular flexibility index (Phi) is 3.53. The van der Waals surface area contributed by atoms with E-state index in [0.29, 0.717) is 5.92 Å². The molecule has 1 rings (SSSR count). The Morgan fingerprint density at radius 3 is 2.43 bits per heavy atom. The lowest BCUT2D eigenvalue weighted by Gasteiger charge is -2.38. The molecule has 1 aliphatic carbocycles. The summed E-state index contributed by atoms with van der Waals surface area (Å²) in [6.45, 7) is 3.96. The van der Waals surface area contributed by atoms with Crippen molar-refractivity contribution in [1.29, 1.82) is 0 Å². The molecule has 82 valence electrons. The van der Waals surface area contributed by atoms with Gasteiger partial charge >= 0.3 is 5.97 Å². The second-order valence-corrected chi connectivity index (χ2v) is 4.85. The van der Waals surface area contributed by atoms with Crippen molar-refractivity contribution in [2.24, 2.45) is 17.1 Å². The summed E-state index contributed by atoms with van der Waals surface area (Å²) < 4.78 is 0. The monoisotopic (exact) mass is 199 g/mol. The van der Waals surface area contributed by atoms with Gasteiger partial charge in [0.2, 0.25) is 0 Å². The van der Waals surface area contributed by atoms with Crippen LogP contribution in [0.1, 0.15) is 46.0 Å². The molecular weight excluding hydrogens is 178 g/mol. The van der Waals surface area contributed by atoms with Crippen LogP contribution in [0.5, 0.6) is 0 Å². The van der Waals surface area contributed by atoms with Crippen molar-refractivity contribution in [3.63, 3.8) is 0 Å². The van der Waals surface area contributed by atoms with Crippen molar-refractivity contribution in [2.75, 3.05) is 0 Å². The molecule has 3 N–H and O–H groups in total. The highest BCUT2D eigenvalue weighted by Crippen LogP contribution is 2.43. The van der Waals surface area contributed by atoms with Crippen LogP contribution in [0.25, 0.3) is 0 Å². The number of carboxylic acid groups (broad SMARTS) is 1. The number of carbonyl (C=O) groups is 1. The van der Waals surface area contributed by atoms with Crippen molar-refractivity contribution in [3.05, 3.63) is 0 Å². The van der Waals surface area contributed by atoms with E-state index in [4.69, 9.17) is 10.8 Å². The van der Waals surface area contributed by atoms with Gasteiger partial charge in [0.05, 0.1) is 6.42 Å². The standard InChI is InChI=1S/C11H21NO2/c1-8(12)11(2,7-10(13)14)9-5-3-4-6-9/h8-9H,3-7,12H2,1-2H3,(H,13,14). The highest BCUT2D eigenvalue weighted by atomic mass is 16.4.